The van der Waals surface area contributed by atoms with E-state index in [0.29, 0.717) is 19.8 Å². The fourth-order valence-corrected chi connectivity index (χ4v) is 8.23. The van der Waals surface area contributed by atoms with Gasteiger partial charge >= 0.3 is 8.80 Å². The van der Waals surface area contributed by atoms with E-state index in [1.54, 1.807) is 25.0 Å². The molecule has 176 valence electrons. The Bertz CT molecular complexity index is 475. The Kier molecular flexibility index (Phi) is 16.0. The highest BCUT2D eigenvalue weighted by Crippen LogP contribution is 2.26. The van der Waals surface area contributed by atoms with E-state index < -0.39 is 8.80 Å². The SMILES string of the molecule is CCO[Si](CCC1=CCCCC1)(OCC)OCC.COC(OC)[SiH2]C1=CCCCC1. The topological polar surface area (TPSA) is 46.2 Å². The maximum absolute atomic E-state index is 5.87. The van der Waals surface area contributed by atoms with Crippen LogP contribution in [0.1, 0.15) is 78.6 Å². The highest BCUT2D eigenvalue weighted by atomic mass is 28.4. The van der Waals surface area contributed by atoms with Crippen LogP contribution in [0.2, 0.25) is 6.04 Å². The first kappa shape index (κ1) is 27.7. The third-order valence-electron chi connectivity index (χ3n) is 5.57. The van der Waals surface area contributed by atoms with E-state index in [0.717, 1.165) is 12.5 Å². The Morgan fingerprint density at radius 1 is 0.833 bits per heavy atom. The lowest BCUT2D eigenvalue weighted by atomic mass is 9.98. The van der Waals surface area contributed by atoms with Crippen molar-refractivity contribution in [1.82, 2.24) is 0 Å². The summed E-state index contributed by atoms with van der Waals surface area (Å²) >= 11 is 0. The van der Waals surface area contributed by atoms with Crippen LogP contribution in [0.5, 0.6) is 0 Å². The predicted molar refractivity (Wildman–Crippen MR) is 130 cm³/mol. The molecule has 0 aromatic heterocycles. The number of allylic oxidation sites excluding steroid dienone is 4. The summed E-state index contributed by atoms with van der Waals surface area (Å²) in [7, 11) is 0.729. The van der Waals surface area contributed by atoms with Crippen molar-refractivity contribution in [1.29, 1.82) is 0 Å². The van der Waals surface area contributed by atoms with E-state index in [4.69, 9.17) is 22.8 Å². The van der Waals surface area contributed by atoms with E-state index in [1.165, 1.54) is 51.4 Å². The molecule has 0 bridgehead atoms. The molecule has 0 aromatic rings. The van der Waals surface area contributed by atoms with Crippen LogP contribution < -0.4 is 0 Å². The Hall–Kier alpha value is -0.286. The molecule has 7 heteroatoms. The van der Waals surface area contributed by atoms with Gasteiger partial charge in [-0.15, -0.1) is 0 Å². The molecule has 30 heavy (non-hydrogen) atoms. The van der Waals surface area contributed by atoms with Gasteiger partial charge in [0.05, 0.1) is 0 Å². The van der Waals surface area contributed by atoms with Gasteiger partial charge in [-0.1, -0.05) is 22.9 Å². The summed E-state index contributed by atoms with van der Waals surface area (Å²) in [5.41, 5.74) is 1.57. The zero-order valence-electron chi connectivity index (χ0n) is 20.2. The zero-order valence-corrected chi connectivity index (χ0v) is 22.6. The molecule has 0 aromatic carbocycles. The number of ether oxygens (including phenoxy) is 2. The maximum Gasteiger partial charge on any atom is 0.501 e. The van der Waals surface area contributed by atoms with Crippen molar-refractivity contribution in [3.8, 4) is 0 Å². The van der Waals surface area contributed by atoms with E-state index in [9.17, 15) is 0 Å². The first-order valence-corrected chi connectivity index (χ1v) is 15.4. The van der Waals surface area contributed by atoms with Gasteiger partial charge in [-0.3, -0.25) is 0 Å². The van der Waals surface area contributed by atoms with Gasteiger partial charge in [-0.05, 0) is 78.6 Å². The van der Waals surface area contributed by atoms with Crippen molar-refractivity contribution >= 4 is 18.3 Å². The smallest absolute Gasteiger partial charge is 0.374 e. The number of hydrogen-bond donors (Lipinski definition) is 0. The average Bonchev–Trinajstić information content (AvgIpc) is 2.78. The lowest BCUT2D eigenvalue weighted by Gasteiger charge is -2.29. The molecule has 0 saturated carbocycles. The highest BCUT2D eigenvalue weighted by molar-refractivity contribution is 6.60. The second-order valence-electron chi connectivity index (χ2n) is 7.80. The van der Waals surface area contributed by atoms with Crippen molar-refractivity contribution in [2.45, 2.75) is 90.5 Å². The van der Waals surface area contributed by atoms with Crippen LogP contribution in [-0.4, -0.2) is 58.3 Å². The van der Waals surface area contributed by atoms with Gasteiger partial charge in [-0.25, -0.2) is 0 Å². The molecule has 0 aliphatic heterocycles. The van der Waals surface area contributed by atoms with Gasteiger partial charge in [-0.2, -0.15) is 0 Å². The average molecular weight is 459 g/mol. The molecule has 0 spiro atoms. The molecule has 2 aliphatic rings. The van der Waals surface area contributed by atoms with Crippen molar-refractivity contribution in [2.24, 2.45) is 0 Å². The van der Waals surface area contributed by atoms with Crippen molar-refractivity contribution in [3.63, 3.8) is 0 Å². The monoisotopic (exact) mass is 458 g/mol. The Balaban J connectivity index is 0.000000325. The van der Waals surface area contributed by atoms with Crippen LogP contribution in [0.4, 0.5) is 0 Å². The summed E-state index contributed by atoms with van der Waals surface area (Å²) in [6, 6.07) is 0.925. The van der Waals surface area contributed by atoms with Crippen LogP contribution in [0.15, 0.2) is 22.9 Å². The van der Waals surface area contributed by atoms with Gasteiger partial charge in [0, 0.05) is 40.1 Å². The molecule has 2 aliphatic carbocycles. The lowest BCUT2D eigenvalue weighted by Crippen LogP contribution is -2.46. The number of rotatable bonds is 13. The van der Waals surface area contributed by atoms with E-state index >= 15 is 0 Å². The van der Waals surface area contributed by atoms with Gasteiger partial charge in [0.1, 0.15) is 15.4 Å². The van der Waals surface area contributed by atoms with Crippen LogP contribution in [0, 0.1) is 0 Å². The van der Waals surface area contributed by atoms with Crippen LogP contribution in [0.3, 0.4) is 0 Å². The van der Waals surface area contributed by atoms with Gasteiger partial charge in [0.25, 0.3) is 0 Å². The van der Waals surface area contributed by atoms with Gasteiger partial charge in [0.2, 0.25) is 0 Å². The third-order valence-corrected chi connectivity index (χ3v) is 10.8. The molecule has 0 N–H and O–H groups in total. The molecule has 0 atom stereocenters. The molecule has 5 nitrogen and oxygen atoms in total. The van der Waals surface area contributed by atoms with Crippen molar-refractivity contribution in [3.05, 3.63) is 22.9 Å². The molecular formula is C23H46O5Si2. The van der Waals surface area contributed by atoms with E-state index in [-0.39, 0.29) is 15.4 Å². The molecule has 0 unspecified atom stereocenters. The standard InChI is InChI=1S/C14H28O3Si.C9H18O2Si/c1-4-15-18(16-5-2,17-6-3)13-12-14-10-8-7-9-11-14;1-10-9(11-2)12-8-6-4-3-5-7-8/h10H,4-9,11-13H2,1-3H3;6,9H,3-5,7,12H2,1-2H3. The molecular weight excluding hydrogens is 412 g/mol. The van der Waals surface area contributed by atoms with E-state index in [2.05, 4.69) is 12.2 Å². The first-order valence-electron chi connectivity index (χ1n) is 12.0. The Morgan fingerprint density at radius 2 is 1.40 bits per heavy atom. The van der Waals surface area contributed by atoms with Gasteiger partial charge < -0.3 is 22.8 Å². The summed E-state index contributed by atoms with van der Waals surface area (Å²) in [6.45, 7) is 8.06. The Morgan fingerprint density at radius 3 is 1.83 bits per heavy atom. The summed E-state index contributed by atoms with van der Waals surface area (Å²) in [4.78, 5) is 0. The summed E-state index contributed by atoms with van der Waals surface area (Å²) in [5, 5.41) is 1.63. The fraction of sp³-hybridized carbons (Fsp3) is 0.826. The maximum atomic E-state index is 5.87. The first-order chi connectivity index (χ1) is 14.6. The fourth-order valence-electron chi connectivity index (χ4n) is 4.01. The zero-order chi connectivity index (χ0) is 22.1. The highest BCUT2D eigenvalue weighted by Gasteiger charge is 2.39. The van der Waals surface area contributed by atoms with E-state index in [1.807, 2.05) is 20.8 Å². The minimum Gasteiger partial charge on any atom is -0.374 e. The second-order valence-corrected chi connectivity index (χ2v) is 12.5. The second kappa shape index (κ2) is 17.3. The molecule has 0 radical (unpaired) electrons. The number of hydrogen-bond acceptors (Lipinski definition) is 5. The molecule has 0 amide bonds. The molecule has 0 heterocycles. The quantitative estimate of drug-likeness (QED) is 0.218. The van der Waals surface area contributed by atoms with Gasteiger partial charge in [0.15, 0.2) is 0 Å². The summed E-state index contributed by atoms with van der Waals surface area (Å²) in [5.74, 6) is 0.0920. The lowest BCUT2D eigenvalue weighted by molar-refractivity contribution is -0.0434. The minimum absolute atomic E-state index is 0.0920. The van der Waals surface area contributed by atoms with Crippen LogP contribution in [0.25, 0.3) is 0 Å². The van der Waals surface area contributed by atoms with Crippen molar-refractivity contribution in [2.75, 3.05) is 34.0 Å². The summed E-state index contributed by atoms with van der Waals surface area (Å²) < 4.78 is 28.0. The Labute approximate surface area is 188 Å². The largest absolute Gasteiger partial charge is 0.501 e. The normalized spacial score (nSPS) is 17.7. The predicted octanol–water partition coefficient (Wildman–Crippen LogP) is 5.11. The van der Waals surface area contributed by atoms with Crippen LogP contribution in [-0.2, 0) is 22.8 Å². The minimum atomic E-state index is -2.42. The van der Waals surface area contributed by atoms with Crippen molar-refractivity contribution < 1.29 is 22.8 Å². The third kappa shape index (κ3) is 11.4. The molecule has 2 rings (SSSR count). The number of methoxy groups -OCH3 is 2. The van der Waals surface area contributed by atoms with Crippen LogP contribution >= 0.6 is 0 Å². The summed E-state index contributed by atoms with van der Waals surface area (Å²) in [6.07, 6.45) is 16.3. The molecule has 0 saturated heterocycles. The molecule has 0 fully saturated rings.